The molecule has 1 amide bonds. The fraction of sp³-hybridized carbons (Fsp3) is 0.800. The van der Waals surface area contributed by atoms with Crippen molar-refractivity contribution in [3.8, 4) is 0 Å². The van der Waals surface area contributed by atoms with Gasteiger partial charge in [-0.25, -0.2) is 4.57 Å². The third-order valence-electron chi connectivity index (χ3n) is 13.9. The molecule has 432 valence electrons. The van der Waals surface area contributed by atoms with Crippen molar-refractivity contribution in [2.45, 2.75) is 296 Å². The average Bonchev–Trinajstić information content (AvgIpc) is 3.36. The lowest BCUT2D eigenvalue weighted by molar-refractivity contribution is -0.870. The Bertz CT molecular complexity index is 1430. The Morgan fingerprint density at radius 2 is 0.811 bits per heavy atom. The summed E-state index contributed by atoms with van der Waals surface area (Å²) in [5, 5.41) is 14.0. The molecule has 0 heterocycles. The zero-order chi connectivity index (χ0) is 54.2. The first kappa shape index (κ1) is 71.9. The second-order valence-electron chi connectivity index (χ2n) is 22.4. The summed E-state index contributed by atoms with van der Waals surface area (Å²) in [5.41, 5.74) is 0. The maximum absolute atomic E-state index is 13.0. The fourth-order valence-corrected chi connectivity index (χ4v) is 9.81. The van der Waals surface area contributed by atoms with Crippen molar-refractivity contribution in [3.63, 3.8) is 0 Å². The zero-order valence-corrected chi connectivity index (χ0v) is 50.2. The maximum atomic E-state index is 13.0. The summed E-state index contributed by atoms with van der Waals surface area (Å²) in [6.07, 6.45) is 77.2. The predicted octanol–water partition coefficient (Wildman–Crippen LogP) is 19.4. The normalized spacial score (nSPS) is 14.3. The van der Waals surface area contributed by atoms with Crippen molar-refractivity contribution in [1.29, 1.82) is 0 Å². The first-order valence-electron chi connectivity index (χ1n) is 31.3. The molecule has 3 unspecified atom stereocenters. The molecule has 0 aliphatic carbocycles. The highest BCUT2D eigenvalue weighted by Gasteiger charge is 2.27. The quantitative estimate of drug-likeness (QED) is 0.0243. The summed E-state index contributed by atoms with van der Waals surface area (Å²) in [6.45, 7) is 4.73. The van der Waals surface area contributed by atoms with Crippen LogP contribution in [0.1, 0.15) is 284 Å². The van der Waals surface area contributed by atoms with Gasteiger partial charge in [0, 0.05) is 6.42 Å². The number of aliphatic hydroxyl groups excluding tert-OH is 1. The van der Waals surface area contributed by atoms with Gasteiger partial charge in [-0.05, 0) is 64.2 Å². The number of unbranched alkanes of at least 4 members (excludes halogenated alkanes) is 34. The summed E-state index contributed by atoms with van der Waals surface area (Å²) in [7, 11) is 1.57. The molecule has 0 aromatic heterocycles. The van der Waals surface area contributed by atoms with Crippen LogP contribution in [0.15, 0.2) is 72.9 Å². The van der Waals surface area contributed by atoms with Gasteiger partial charge < -0.3 is 19.8 Å². The van der Waals surface area contributed by atoms with Gasteiger partial charge in [0.1, 0.15) is 13.2 Å². The van der Waals surface area contributed by atoms with Crippen LogP contribution in [0, 0.1) is 0 Å². The minimum atomic E-state index is -4.35. The van der Waals surface area contributed by atoms with E-state index in [1.807, 2.05) is 27.2 Å². The molecule has 0 bridgehead atoms. The Labute approximate surface area is 459 Å². The number of amides is 1. The highest BCUT2D eigenvalue weighted by atomic mass is 31.2. The van der Waals surface area contributed by atoms with Crippen LogP contribution < -0.4 is 5.32 Å². The van der Waals surface area contributed by atoms with Gasteiger partial charge >= 0.3 is 7.82 Å². The Hall–Kier alpha value is -2.06. The molecular formula is C65H122N2O6P+. The molecule has 0 aromatic carbocycles. The number of carbonyl (C=O) groups is 1. The van der Waals surface area contributed by atoms with Crippen LogP contribution in [-0.4, -0.2) is 73.4 Å². The van der Waals surface area contributed by atoms with Crippen LogP contribution >= 0.6 is 7.82 Å². The third-order valence-corrected chi connectivity index (χ3v) is 14.9. The first-order chi connectivity index (χ1) is 36.0. The zero-order valence-electron chi connectivity index (χ0n) is 49.3. The largest absolute Gasteiger partial charge is 0.472 e. The average molecular weight is 1060 g/mol. The number of phosphoric ester groups is 1. The number of nitrogens with one attached hydrogen (secondary N) is 1. The maximum Gasteiger partial charge on any atom is 0.472 e. The molecule has 3 atom stereocenters. The Balaban J connectivity index is 4.16. The number of likely N-dealkylation sites (N-methyl/N-ethyl adjacent to an activating group) is 1. The number of carbonyl (C=O) groups excluding carboxylic acids is 1. The number of rotatable bonds is 57. The smallest absolute Gasteiger partial charge is 0.387 e. The number of nitrogens with zero attached hydrogens (tertiary/aromatic N) is 1. The van der Waals surface area contributed by atoms with Crippen molar-refractivity contribution < 1.29 is 32.9 Å². The summed E-state index contributed by atoms with van der Waals surface area (Å²) in [4.78, 5) is 23.4. The van der Waals surface area contributed by atoms with Gasteiger partial charge in [-0.15, -0.1) is 0 Å². The molecular weight excluding hydrogens is 936 g/mol. The third kappa shape index (κ3) is 57.6. The van der Waals surface area contributed by atoms with Crippen molar-refractivity contribution in [3.05, 3.63) is 72.9 Å². The minimum absolute atomic E-state index is 0.0597. The molecule has 0 saturated heterocycles. The van der Waals surface area contributed by atoms with Gasteiger partial charge in [0.15, 0.2) is 0 Å². The molecule has 3 N–H and O–H groups in total. The van der Waals surface area contributed by atoms with Gasteiger partial charge in [0.2, 0.25) is 5.91 Å². The van der Waals surface area contributed by atoms with Crippen LogP contribution in [-0.2, 0) is 18.4 Å². The van der Waals surface area contributed by atoms with Gasteiger partial charge in [0.25, 0.3) is 0 Å². The van der Waals surface area contributed by atoms with Crippen LogP contribution in [0.2, 0.25) is 0 Å². The second-order valence-corrected chi connectivity index (χ2v) is 23.9. The number of hydrogen-bond donors (Lipinski definition) is 3. The lowest BCUT2D eigenvalue weighted by Crippen LogP contribution is -2.45. The molecule has 0 aliphatic rings. The van der Waals surface area contributed by atoms with E-state index < -0.39 is 20.0 Å². The van der Waals surface area contributed by atoms with Gasteiger partial charge in [0.05, 0.1) is 39.9 Å². The second kappa shape index (κ2) is 55.7. The molecule has 0 aliphatic heterocycles. The molecule has 0 radical (unpaired) electrons. The van der Waals surface area contributed by atoms with E-state index in [1.165, 1.54) is 193 Å². The van der Waals surface area contributed by atoms with E-state index in [4.69, 9.17) is 9.05 Å². The summed E-state index contributed by atoms with van der Waals surface area (Å²) in [5.74, 6) is -0.178. The lowest BCUT2D eigenvalue weighted by Gasteiger charge is -2.25. The number of phosphoric acid groups is 1. The van der Waals surface area contributed by atoms with Crippen LogP contribution in [0.3, 0.4) is 0 Å². The number of quaternary nitrogens is 1. The number of allylic oxidation sites excluding steroid dienone is 11. The SMILES string of the molecule is CC/C=C\C/C=C\C/C=C\C/C=C\C/C=C\CCCCCCCCCCCCCCCC(=O)NC(COP(=O)(O)OCC[N+](C)(C)C)C(O)/C=C/CCCCCCCCCCCCCCCCCCCCCCC. The monoisotopic (exact) mass is 1060 g/mol. The van der Waals surface area contributed by atoms with Crippen molar-refractivity contribution in [1.82, 2.24) is 5.32 Å². The summed E-state index contributed by atoms with van der Waals surface area (Å²) < 4.78 is 23.8. The molecule has 0 aromatic rings. The van der Waals surface area contributed by atoms with E-state index in [0.29, 0.717) is 17.4 Å². The molecule has 74 heavy (non-hydrogen) atoms. The Kier molecular flexibility index (Phi) is 54.1. The van der Waals surface area contributed by atoms with Gasteiger partial charge in [-0.2, -0.15) is 0 Å². The van der Waals surface area contributed by atoms with E-state index in [2.05, 4.69) is 79.9 Å². The molecule has 9 heteroatoms. The standard InChI is InChI=1S/C65H121N2O6P/c1-6-8-10-12-14-16-18-20-22-24-26-28-30-31-32-33-34-35-37-39-41-43-45-47-49-51-53-55-57-59-65(69)66-63(62-73-74(70,71)72-61-60-67(3,4)5)64(68)58-56-54-52-50-48-46-44-42-40-38-36-29-27-25-23-21-19-17-15-13-11-9-7-2/h8,10,14,16,20,22,26,28,31-32,56,58,63-64,68H,6-7,9,11-13,15,17-19,21,23-25,27,29-30,33-55,57,59-62H2,1-5H3,(H-,66,69,70,71)/p+1/b10-8-,16-14-,22-20-,28-26-,32-31-,58-56+. The Morgan fingerprint density at radius 1 is 0.473 bits per heavy atom. The Morgan fingerprint density at radius 3 is 1.19 bits per heavy atom. The van der Waals surface area contributed by atoms with E-state index in [1.54, 1.807) is 6.08 Å². The van der Waals surface area contributed by atoms with Crippen molar-refractivity contribution in [2.75, 3.05) is 40.9 Å². The summed E-state index contributed by atoms with van der Waals surface area (Å²) in [6, 6.07) is -0.851. The highest BCUT2D eigenvalue weighted by Crippen LogP contribution is 2.43. The summed E-state index contributed by atoms with van der Waals surface area (Å²) >= 11 is 0. The van der Waals surface area contributed by atoms with Gasteiger partial charge in [-0.3, -0.25) is 13.8 Å². The topological polar surface area (TPSA) is 105 Å². The van der Waals surface area contributed by atoms with E-state index in [0.717, 1.165) is 70.6 Å². The highest BCUT2D eigenvalue weighted by molar-refractivity contribution is 7.47. The predicted molar refractivity (Wildman–Crippen MR) is 323 cm³/mol. The van der Waals surface area contributed by atoms with Crippen molar-refractivity contribution >= 4 is 13.7 Å². The van der Waals surface area contributed by atoms with Crippen molar-refractivity contribution in [2.24, 2.45) is 0 Å². The molecule has 0 rings (SSSR count). The van der Waals surface area contributed by atoms with Crippen LogP contribution in [0.5, 0.6) is 0 Å². The number of aliphatic hydroxyl groups is 1. The van der Waals surface area contributed by atoms with Crippen LogP contribution in [0.4, 0.5) is 0 Å². The molecule has 0 saturated carbocycles. The fourth-order valence-electron chi connectivity index (χ4n) is 9.07. The van der Waals surface area contributed by atoms with E-state index >= 15 is 0 Å². The minimum Gasteiger partial charge on any atom is -0.387 e. The molecule has 0 spiro atoms. The van der Waals surface area contributed by atoms with Gasteiger partial charge in [-0.1, -0.05) is 286 Å². The first-order valence-corrected chi connectivity index (χ1v) is 32.8. The van der Waals surface area contributed by atoms with Crippen LogP contribution in [0.25, 0.3) is 0 Å². The molecule has 8 nitrogen and oxygen atoms in total. The van der Waals surface area contributed by atoms with E-state index in [9.17, 15) is 19.4 Å². The lowest BCUT2D eigenvalue weighted by atomic mass is 10.0. The molecule has 0 fully saturated rings. The van der Waals surface area contributed by atoms with E-state index in [-0.39, 0.29) is 19.1 Å². The number of hydrogen-bond acceptors (Lipinski definition) is 5.